The fourth-order valence-electron chi connectivity index (χ4n) is 2.28. The number of carboxylic acid groups (broad SMARTS) is 1. The Morgan fingerprint density at radius 2 is 1.96 bits per heavy atom. The summed E-state index contributed by atoms with van der Waals surface area (Å²) in [7, 11) is 0. The summed E-state index contributed by atoms with van der Waals surface area (Å²) in [6.45, 7) is 5.02. The molecular formula is C16H20FNO5. The largest absolute Gasteiger partial charge is 0.508 e. The van der Waals surface area contributed by atoms with Crippen LogP contribution < -0.4 is 0 Å². The fourth-order valence-corrected chi connectivity index (χ4v) is 2.28. The minimum absolute atomic E-state index is 0.171. The Morgan fingerprint density at radius 3 is 2.43 bits per heavy atom. The van der Waals surface area contributed by atoms with Crippen molar-refractivity contribution in [2.45, 2.75) is 51.3 Å². The summed E-state index contributed by atoms with van der Waals surface area (Å²) in [6, 6.07) is 1.21. The minimum atomic E-state index is -1.51. The number of phenols is 1. The van der Waals surface area contributed by atoms with E-state index in [1.807, 2.05) is 0 Å². The summed E-state index contributed by atoms with van der Waals surface area (Å²) in [5, 5.41) is 19.5. The molecule has 1 saturated carbocycles. The van der Waals surface area contributed by atoms with Crippen LogP contribution in [0.3, 0.4) is 0 Å². The van der Waals surface area contributed by atoms with Gasteiger partial charge in [0.05, 0.1) is 0 Å². The third kappa shape index (κ3) is 4.12. The predicted octanol–water partition coefficient (Wildman–Crippen LogP) is 3.06. The highest BCUT2D eigenvalue weighted by Gasteiger charge is 2.44. The van der Waals surface area contributed by atoms with Gasteiger partial charge in [-0.2, -0.15) is 0 Å². The quantitative estimate of drug-likeness (QED) is 0.888. The van der Waals surface area contributed by atoms with Crippen molar-refractivity contribution in [1.82, 2.24) is 4.90 Å². The van der Waals surface area contributed by atoms with E-state index in [4.69, 9.17) is 4.74 Å². The Hall–Kier alpha value is -2.31. The number of carboxylic acids is 1. The normalized spacial score (nSPS) is 15.8. The Labute approximate surface area is 133 Å². The summed E-state index contributed by atoms with van der Waals surface area (Å²) < 4.78 is 18.8. The lowest BCUT2D eigenvalue weighted by molar-refractivity contribution is -0.143. The van der Waals surface area contributed by atoms with Crippen molar-refractivity contribution in [1.29, 1.82) is 0 Å². The third-order valence-electron chi connectivity index (χ3n) is 3.34. The molecule has 0 saturated heterocycles. The van der Waals surface area contributed by atoms with Gasteiger partial charge in [0.15, 0.2) is 6.04 Å². The molecule has 1 unspecified atom stereocenters. The summed E-state index contributed by atoms with van der Waals surface area (Å²) in [4.78, 5) is 25.2. The molecule has 126 valence electrons. The van der Waals surface area contributed by atoms with Crippen molar-refractivity contribution < 1.29 is 28.9 Å². The Bertz CT molecular complexity index is 621. The number of aromatic hydroxyl groups is 1. The van der Waals surface area contributed by atoms with Gasteiger partial charge < -0.3 is 14.9 Å². The van der Waals surface area contributed by atoms with Crippen molar-refractivity contribution in [2.24, 2.45) is 0 Å². The van der Waals surface area contributed by atoms with Crippen LogP contribution in [-0.2, 0) is 9.53 Å². The molecule has 1 aliphatic rings. The topological polar surface area (TPSA) is 87.1 Å². The number of ether oxygens (including phenoxy) is 1. The van der Waals surface area contributed by atoms with Crippen LogP contribution in [0.15, 0.2) is 18.2 Å². The molecule has 2 N–H and O–H groups in total. The first-order valence-electron chi connectivity index (χ1n) is 7.32. The van der Waals surface area contributed by atoms with Gasteiger partial charge in [-0.05, 0) is 51.8 Å². The van der Waals surface area contributed by atoms with Gasteiger partial charge in [-0.1, -0.05) is 0 Å². The molecule has 0 aromatic heterocycles. The van der Waals surface area contributed by atoms with Crippen molar-refractivity contribution >= 4 is 12.1 Å². The number of phenolic OH excluding ortho intramolecular Hbond substituents is 1. The van der Waals surface area contributed by atoms with Crippen LogP contribution in [0.1, 0.15) is 45.2 Å². The van der Waals surface area contributed by atoms with Crippen LogP contribution in [0, 0.1) is 5.82 Å². The van der Waals surface area contributed by atoms with Crippen molar-refractivity contribution in [3.8, 4) is 5.75 Å². The van der Waals surface area contributed by atoms with Gasteiger partial charge in [-0.15, -0.1) is 0 Å². The van der Waals surface area contributed by atoms with Gasteiger partial charge in [0.1, 0.15) is 17.2 Å². The monoisotopic (exact) mass is 325 g/mol. The lowest BCUT2D eigenvalue weighted by Gasteiger charge is -2.32. The molecular weight excluding hydrogens is 305 g/mol. The molecule has 0 spiro atoms. The highest BCUT2D eigenvalue weighted by molar-refractivity contribution is 5.83. The fraction of sp³-hybridized carbons (Fsp3) is 0.500. The zero-order valence-electron chi connectivity index (χ0n) is 13.2. The molecule has 23 heavy (non-hydrogen) atoms. The first-order valence-corrected chi connectivity index (χ1v) is 7.32. The molecule has 1 atom stereocenters. The predicted molar refractivity (Wildman–Crippen MR) is 79.5 cm³/mol. The number of nitrogens with zero attached hydrogens (tertiary/aromatic N) is 1. The molecule has 1 aromatic rings. The highest BCUT2D eigenvalue weighted by Crippen LogP contribution is 2.38. The molecule has 6 nitrogen and oxygen atoms in total. The van der Waals surface area contributed by atoms with Crippen LogP contribution in [0.25, 0.3) is 0 Å². The van der Waals surface area contributed by atoms with E-state index in [2.05, 4.69) is 0 Å². The van der Waals surface area contributed by atoms with Crippen molar-refractivity contribution in [2.75, 3.05) is 0 Å². The second-order valence-electron chi connectivity index (χ2n) is 6.56. The van der Waals surface area contributed by atoms with Gasteiger partial charge in [0.2, 0.25) is 0 Å². The van der Waals surface area contributed by atoms with E-state index in [1.165, 1.54) is 0 Å². The van der Waals surface area contributed by atoms with Crippen molar-refractivity contribution in [3.05, 3.63) is 29.6 Å². The first-order chi connectivity index (χ1) is 10.6. The van der Waals surface area contributed by atoms with E-state index < -0.39 is 29.5 Å². The van der Waals surface area contributed by atoms with Crippen LogP contribution in [-0.4, -0.2) is 38.8 Å². The Balaban J connectivity index is 2.42. The first kappa shape index (κ1) is 17.1. The smallest absolute Gasteiger partial charge is 0.411 e. The molecule has 1 amide bonds. The van der Waals surface area contributed by atoms with Gasteiger partial charge in [-0.25, -0.2) is 14.0 Å². The second kappa shape index (κ2) is 6.06. The minimum Gasteiger partial charge on any atom is -0.508 e. The van der Waals surface area contributed by atoms with Gasteiger partial charge >= 0.3 is 12.1 Å². The lowest BCUT2D eigenvalue weighted by atomic mass is 10.0. The van der Waals surface area contributed by atoms with E-state index in [1.54, 1.807) is 20.8 Å². The molecule has 2 rings (SSSR count). The number of carbonyl (C=O) groups excluding carboxylic acids is 1. The van der Waals surface area contributed by atoms with E-state index in [9.17, 15) is 24.2 Å². The molecule has 0 heterocycles. The standard InChI is InChI=1S/C16H20FNO5/c1-16(2,3)23-15(22)18(10-5-6-10)13(14(20)21)11-8-9(17)4-7-12(11)19/h4,7-8,10,13,19H,5-6H2,1-3H3,(H,20,21). The number of hydrogen-bond acceptors (Lipinski definition) is 4. The molecule has 1 fully saturated rings. The maximum atomic E-state index is 13.5. The molecule has 1 aliphatic carbocycles. The molecule has 0 aliphatic heterocycles. The average Bonchev–Trinajstić information content (AvgIpc) is 3.20. The van der Waals surface area contributed by atoms with Crippen LogP contribution in [0.5, 0.6) is 5.75 Å². The lowest BCUT2D eigenvalue weighted by Crippen LogP contribution is -2.43. The van der Waals surface area contributed by atoms with E-state index in [0.29, 0.717) is 12.8 Å². The van der Waals surface area contributed by atoms with Crippen molar-refractivity contribution in [3.63, 3.8) is 0 Å². The zero-order chi connectivity index (χ0) is 17.4. The molecule has 0 bridgehead atoms. The van der Waals surface area contributed by atoms with Gasteiger partial charge in [-0.3, -0.25) is 4.90 Å². The summed E-state index contributed by atoms with van der Waals surface area (Å²) in [6.07, 6.45) is 0.481. The van der Waals surface area contributed by atoms with Gasteiger partial charge in [0.25, 0.3) is 0 Å². The average molecular weight is 325 g/mol. The summed E-state index contributed by atoms with van der Waals surface area (Å²) in [5.74, 6) is -2.43. The van der Waals surface area contributed by atoms with Gasteiger partial charge in [0, 0.05) is 11.6 Å². The highest BCUT2D eigenvalue weighted by atomic mass is 19.1. The third-order valence-corrected chi connectivity index (χ3v) is 3.34. The number of halogens is 1. The Morgan fingerprint density at radius 1 is 1.35 bits per heavy atom. The number of benzene rings is 1. The SMILES string of the molecule is CC(C)(C)OC(=O)N(C1CC1)C(C(=O)O)c1cc(F)ccc1O. The van der Waals surface area contributed by atoms with Crippen LogP contribution >= 0.6 is 0 Å². The molecule has 0 radical (unpaired) electrons. The van der Waals surface area contributed by atoms with E-state index in [0.717, 1.165) is 23.1 Å². The van der Waals surface area contributed by atoms with E-state index in [-0.39, 0.29) is 17.4 Å². The number of aliphatic carboxylic acids is 1. The number of rotatable bonds is 4. The molecule has 7 heteroatoms. The van der Waals surface area contributed by atoms with Crippen LogP contribution in [0.2, 0.25) is 0 Å². The maximum Gasteiger partial charge on any atom is 0.411 e. The zero-order valence-corrected chi connectivity index (χ0v) is 13.2. The number of carbonyl (C=O) groups is 2. The summed E-state index contributed by atoms with van der Waals surface area (Å²) in [5.41, 5.74) is -0.965. The number of amides is 1. The number of hydrogen-bond donors (Lipinski definition) is 2. The van der Waals surface area contributed by atoms with Crippen LogP contribution in [0.4, 0.5) is 9.18 Å². The maximum absolute atomic E-state index is 13.5. The Kier molecular flexibility index (Phi) is 4.49. The van der Waals surface area contributed by atoms with E-state index >= 15 is 0 Å². The summed E-state index contributed by atoms with van der Waals surface area (Å²) >= 11 is 0. The second-order valence-corrected chi connectivity index (χ2v) is 6.56. The molecule has 1 aromatic carbocycles.